The summed E-state index contributed by atoms with van der Waals surface area (Å²) in [7, 11) is 0. The topological polar surface area (TPSA) is 125 Å². The fraction of sp³-hybridized carbons (Fsp3) is 0.378. The van der Waals surface area contributed by atoms with Crippen LogP contribution < -0.4 is 20.3 Å². The summed E-state index contributed by atoms with van der Waals surface area (Å²) >= 11 is 2.90. The Hall–Kier alpha value is -4.64. The summed E-state index contributed by atoms with van der Waals surface area (Å²) in [5.41, 5.74) is 4.39. The van der Waals surface area contributed by atoms with Crippen LogP contribution in [0.2, 0.25) is 0 Å². The van der Waals surface area contributed by atoms with Gasteiger partial charge < -0.3 is 25.4 Å². The standard InChI is InChI=1S/C37H36FN7O3S2/c1-3-14-39-21-36-18-37(19-36,20-36)23-12-13-27(25(38)17-23)48-16-7-11-29-30(33(46)47)41-35(50-29)45-15-6-8-24-22(2)31(43-44-32(24)45)42-34-40-26-9-4-5-10-28(26)49-34/h1,4-5,9-10,12-13,17,39H,6-8,11,14-16,18-21H2,2H3,(H,46,47)(H,40,42,43). The van der Waals surface area contributed by atoms with E-state index in [4.69, 9.17) is 11.2 Å². The number of fused-ring (bicyclic) bond motifs is 2. The number of benzene rings is 2. The number of para-hydroxylation sites is 1. The van der Waals surface area contributed by atoms with Gasteiger partial charge in [0.2, 0.25) is 0 Å². The van der Waals surface area contributed by atoms with Crippen molar-refractivity contribution in [3.05, 3.63) is 75.5 Å². The van der Waals surface area contributed by atoms with E-state index in [9.17, 15) is 9.90 Å². The van der Waals surface area contributed by atoms with Gasteiger partial charge in [-0.2, -0.15) is 0 Å². The first kappa shape index (κ1) is 32.6. The lowest BCUT2D eigenvalue weighted by Crippen LogP contribution is -2.67. The minimum absolute atomic E-state index is 0.0253. The van der Waals surface area contributed by atoms with E-state index >= 15 is 4.39 Å². The first-order chi connectivity index (χ1) is 24.3. The minimum atomic E-state index is -1.08. The number of aryl methyl sites for hydroxylation is 1. The van der Waals surface area contributed by atoms with E-state index in [0.29, 0.717) is 53.0 Å². The summed E-state index contributed by atoms with van der Waals surface area (Å²) in [5, 5.41) is 27.1. The monoisotopic (exact) mass is 709 g/mol. The molecule has 4 aliphatic rings. The molecule has 2 aromatic carbocycles. The second-order valence-corrected chi connectivity index (χ2v) is 15.7. The predicted molar refractivity (Wildman–Crippen MR) is 194 cm³/mol. The summed E-state index contributed by atoms with van der Waals surface area (Å²) in [5.74, 6) is 2.73. The quantitative estimate of drug-likeness (QED) is 0.0856. The summed E-state index contributed by atoms with van der Waals surface area (Å²) in [4.78, 5) is 24.0. The molecule has 0 spiro atoms. The molecule has 256 valence electrons. The molecule has 3 saturated carbocycles. The number of carboxylic acids is 1. The van der Waals surface area contributed by atoms with Gasteiger partial charge in [-0.15, -0.1) is 28.0 Å². The van der Waals surface area contributed by atoms with Crippen LogP contribution in [0.5, 0.6) is 5.75 Å². The molecule has 3 N–H and O–H groups in total. The molecular weight excluding hydrogens is 674 g/mol. The van der Waals surface area contributed by atoms with Crippen molar-refractivity contribution in [2.75, 3.05) is 36.5 Å². The van der Waals surface area contributed by atoms with Crippen molar-refractivity contribution < 1.29 is 19.0 Å². The van der Waals surface area contributed by atoms with Crippen molar-refractivity contribution in [1.82, 2.24) is 25.5 Å². The summed E-state index contributed by atoms with van der Waals surface area (Å²) in [6.07, 6.45) is 11.1. The Morgan fingerprint density at radius 3 is 2.78 bits per heavy atom. The van der Waals surface area contributed by atoms with Crippen molar-refractivity contribution in [2.45, 2.75) is 57.3 Å². The molecule has 3 fully saturated rings. The van der Waals surface area contributed by atoms with Crippen LogP contribution in [0.1, 0.15) is 64.2 Å². The number of thiazole rings is 2. The zero-order valence-electron chi connectivity index (χ0n) is 27.6. The lowest BCUT2D eigenvalue weighted by Gasteiger charge is -2.71. The Balaban J connectivity index is 0.907. The molecule has 10 nitrogen and oxygen atoms in total. The maximum atomic E-state index is 15.1. The van der Waals surface area contributed by atoms with Crippen LogP contribution in [0.25, 0.3) is 10.2 Å². The van der Waals surface area contributed by atoms with Gasteiger partial charge in [0.25, 0.3) is 0 Å². The van der Waals surface area contributed by atoms with E-state index in [0.717, 1.165) is 70.7 Å². The molecule has 4 heterocycles. The third-order valence-corrected chi connectivity index (χ3v) is 12.3. The number of carbonyl (C=O) groups is 1. The molecule has 1 aliphatic heterocycles. The minimum Gasteiger partial charge on any atom is -0.491 e. The molecule has 3 aliphatic carbocycles. The number of hydrogen-bond acceptors (Lipinski definition) is 11. The molecule has 0 unspecified atom stereocenters. The molecule has 0 amide bonds. The van der Waals surface area contributed by atoms with E-state index in [2.05, 4.69) is 36.7 Å². The van der Waals surface area contributed by atoms with Gasteiger partial charge in [-0.3, -0.25) is 0 Å². The number of terminal acetylenes is 1. The Kier molecular flexibility index (Phi) is 8.41. The van der Waals surface area contributed by atoms with Crippen LogP contribution in [0.4, 0.5) is 26.3 Å². The molecule has 13 heteroatoms. The molecular formula is C37H36FN7O3S2. The number of hydrogen-bond donors (Lipinski definition) is 3. The van der Waals surface area contributed by atoms with Gasteiger partial charge in [0.05, 0.1) is 23.4 Å². The molecule has 50 heavy (non-hydrogen) atoms. The second kappa shape index (κ2) is 12.9. The van der Waals surface area contributed by atoms with Gasteiger partial charge >= 0.3 is 5.97 Å². The van der Waals surface area contributed by atoms with Crippen molar-refractivity contribution in [3.8, 4) is 18.1 Å². The van der Waals surface area contributed by atoms with E-state index in [1.807, 2.05) is 42.2 Å². The number of nitrogens with one attached hydrogen (secondary N) is 2. The Labute approximate surface area is 297 Å². The fourth-order valence-electron chi connectivity index (χ4n) is 7.96. The van der Waals surface area contributed by atoms with Crippen molar-refractivity contribution in [3.63, 3.8) is 0 Å². The zero-order chi connectivity index (χ0) is 34.5. The number of rotatable bonds is 13. The van der Waals surface area contributed by atoms with E-state index in [-0.39, 0.29) is 29.3 Å². The molecule has 2 bridgehead atoms. The van der Waals surface area contributed by atoms with E-state index in [1.54, 1.807) is 23.5 Å². The highest BCUT2D eigenvalue weighted by Gasteiger charge is 2.67. The van der Waals surface area contributed by atoms with Crippen LogP contribution in [-0.4, -0.2) is 57.5 Å². The summed E-state index contributed by atoms with van der Waals surface area (Å²) < 4.78 is 22.0. The maximum absolute atomic E-state index is 15.1. The highest BCUT2D eigenvalue weighted by molar-refractivity contribution is 7.22. The molecule has 0 radical (unpaired) electrons. The number of anilines is 4. The SMILES string of the molecule is C#CCNCC12CC(c3ccc(OCCCc4sc(N5CCCc6c5nnc(Nc5nc7ccccc7s5)c6C)nc4C(=O)O)c(F)c3)(C1)C2. The number of nitrogens with zero attached hydrogens (tertiary/aromatic N) is 5. The van der Waals surface area contributed by atoms with Crippen molar-refractivity contribution in [2.24, 2.45) is 5.41 Å². The van der Waals surface area contributed by atoms with Gasteiger partial charge in [-0.05, 0) is 92.5 Å². The average Bonchev–Trinajstić information content (AvgIpc) is 3.69. The van der Waals surface area contributed by atoms with Gasteiger partial charge in [-0.25, -0.2) is 19.2 Å². The van der Waals surface area contributed by atoms with Gasteiger partial charge in [0.1, 0.15) is 0 Å². The van der Waals surface area contributed by atoms with Crippen LogP contribution in [0.3, 0.4) is 0 Å². The third kappa shape index (κ3) is 5.85. The smallest absolute Gasteiger partial charge is 0.355 e. The summed E-state index contributed by atoms with van der Waals surface area (Å²) in [6.45, 7) is 4.41. The Morgan fingerprint density at radius 2 is 2.00 bits per heavy atom. The Morgan fingerprint density at radius 1 is 1.16 bits per heavy atom. The number of halogens is 1. The molecule has 5 aromatic rings. The van der Waals surface area contributed by atoms with Crippen molar-refractivity contribution in [1.29, 1.82) is 0 Å². The van der Waals surface area contributed by atoms with Crippen LogP contribution in [-0.2, 0) is 18.3 Å². The molecule has 3 aromatic heterocycles. The normalized spacial score (nSPS) is 20.5. The molecule has 0 atom stereocenters. The first-order valence-corrected chi connectivity index (χ1v) is 18.5. The maximum Gasteiger partial charge on any atom is 0.355 e. The van der Waals surface area contributed by atoms with Crippen LogP contribution in [0, 0.1) is 30.5 Å². The first-order valence-electron chi connectivity index (χ1n) is 16.8. The lowest BCUT2D eigenvalue weighted by atomic mass is 9.33. The van der Waals surface area contributed by atoms with Crippen molar-refractivity contribution >= 4 is 60.8 Å². The average molecular weight is 710 g/mol. The number of aromatic nitrogens is 4. The fourth-order valence-corrected chi connectivity index (χ4v) is 9.94. The van der Waals surface area contributed by atoms with Gasteiger partial charge in [0.15, 0.2) is 39.2 Å². The van der Waals surface area contributed by atoms with Gasteiger partial charge in [-0.1, -0.05) is 35.5 Å². The highest BCUT2D eigenvalue weighted by atomic mass is 32.1. The lowest BCUT2D eigenvalue weighted by molar-refractivity contribution is -0.137. The Bertz CT molecular complexity index is 2110. The third-order valence-electron chi connectivity index (χ3n) is 10.2. The predicted octanol–water partition coefficient (Wildman–Crippen LogP) is 7.17. The van der Waals surface area contributed by atoms with Crippen LogP contribution >= 0.6 is 22.7 Å². The van der Waals surface area contributed by atoms with E-state index < -0.39 is 5.97 Å². The molecule has 9 rings (SSSR count). The second-order valence-electron chi connectivity index (χ2n) is 13.6. The van der Waals surface area contributed by atoms with E-state index in [1.165, 1.54) is 11.3 Å². The largest absolute Gasteiger partial charge is 0.491 e. The summed E-state index contributed by atoms with van der Waals surface area (Å²) in [6, 6.07) is 13.3. The number of carboxylic acid groups (broad SMARTS) is 1. The van der Waals surface area contributed by atoms with Gasteiger partial charge in [0, 0.05) is 29.1 Å². The highest BCUT2D eigenvalue weighted by Crippen LogP contribution is 2.73. The zero-order valence-corrected chi connectivity index (χ0v) is 29.2. The molecule has 0 saturated heterocycles. The number of ether oxygens (including phenoxy) is 1. The van der Waals surface area contributed by atoms with Crippen LogP contribution in [0.15, 0.2) is 42.5 Å². The number of aromatic carboxylic acids is 1.